The zero-order valence-electron chi connectivity index (χ0n) is 26.8. The van der Waals surface area contributed by atoms with Gasteiger partial charge in [0.05, 0.1) is 13.2 Å². The van der Waals surface area contributed by atoms with Crippen LogP contribution >= 0.6 is 7.82 Å². The molecule has 0 saturated heterocycles. The first-order valence-electron chi connectivity index (χ1n) is 16.6. The normalized spacial score (nSPS) is 14.1. The average molecular weight is 638 g/mol. The molecule has 0 rings (SSSR count). The van der Waals surface area contributed by atoms with Gasteiger partial charge in [-0.05, 0) is 12.8 Å². The number of hydrogen-bond donors (Lipinski definition) is 3. The van der Waals surface area contributed by atoms with Gasteiger partial charge in [0.2, 0.25) is 0 Å². The highest BCUT2D eigenvalue weighted by Gasteiger charge is 2.28. The van der Waals surface area contributed by atoms with Gasteiger partial charge in [0.25, 0.3) is 0 Å². The third-order valence-electron chi connectivity index (χ3n) is 7.11. The number of carbonyl (C=O) groups excluding carboxylic acids is 2. The summed E-state index contributed by atoms with van der Waals surface area (Å²) < 4.78 is 32.2. The minimum Gasteiger partial charge on any atom is -0.480 e. The zero-order valence-corrected chi connectivity index (χ0v) is 27.7. The fourth-order valence-electron chi connectivity index (χ4n) is 4.42. The molecule has 4 N–H and O–H groups in total. The van der Waals surface area contributed by atoms with Crippen molar-refractivity contribution in [1.29, 1.82) is 0 Å². The largest absolute Gasteiger partial charge is 0.480 e. The van der Waals surface area contributed by atoms with Gasteiger partial charge in [-0.3, -0.25) is 23.4 Å². The molecular formula is C31H60NO10P. The molecular weight excluding hydrogens is 577 g/mol. The van der Waals surface area contributed by atoms with Crippen molar-refractivity contribution in [1.82, 2.24) is 0 Å². The maximum Gasteiger partial charge on any atom is 0.472 e. The van der Waals surface area contributed by atoms with Gasteiger partial charge >= 0.3 is 25.7 Å². The number of aliphatic carboxylic acids is 1. The quantitative estimate of drug-likeness (QED) is 0.0398. The second-order valence-electron chi connectivity index (χ2n) is 11.3. The van der Waals surface area contributed by atoms with Crippen LogP contribution in [0.25, 0.3) is 0 Å². The van der Waals surface area contributed by atoms with Crippen LogP contribution in [0.2, 0.25) is 0 Å². The average Bonchev–Trinajstić information content (AvgIpc) is 2.97. The Hall–Kier alpha value is -1.52. The first-order chi connectivity index (χ1) is 20.6. The summed E-state index contributed by atoms with van der Waals surface area (Å²) in [6.45, 7) is 2.67. The van der Waals surface area contributed by atoms with Crippen LogP contribution in [-0.2, 0) is 37.5 Å². The summed E-state index contributed by atoms with van der Waals surface area (Å²) in [6, 6.07) is -1.51. The van der Waals surface area contributed by atoms with Crippen molar-refractivity contribution in [3.05, 3.63) is 0 Å². The van der Waals surface area contributed by atoms with E-state index in [0.29, 0.717) is 12.8 Å². The Morgan fingerprint density at radius 1 is 0.628 bits per heavy atom. The molecule has 0 fully saturated rings. The number of carbonyl (C=O) groups is 3. The molecule has 0 aromatic carbocycles. The number of carboxylic acids is 1. The molecule has 0 aromatic heterocycles. The van der Waals surface area contributed by atoms with Crippen molar-refractivity contribution >= 4 is 25.7 Å². The summed E-state index contributed by atoms with van der Waals surface area (Å²) in [5, 5.41) is 8.80. The molecule has 11 nitrogen and oxygen atoms in total. The third kappa shape index (κ3) is 27.7. The van der Waals surface area contributed by atoms with E-state index in [1.807, 2.05) is 0 Å². The summed E-state index contributed by atoms with van der Waals surface area (Å²) in [5.41, 5.74) is 5.28. The van der Waals surface area contributed by atoms with Crippen LogP contribution in [0.5, 0.6) is 0 Å². The molecule has 0 heterocycles. The van der Waals surface area contributed by atoms with Crippen molar-refractivity contribution in [3.8, 4) is 0 Å². The number of nitrogens with two attached hydrogens (primary N) is 1. The van der Waals surface area contributed by atoms with Crippen LogP contribution in [-0.4, -0.2) is 59.9 Å². The van der Waals surface area contributed by atoms with Crippen LogP contribution in [0, 0.1) is 0 Å². The number of rotatable bonds is 31. The van der Waals surface area contributed by atoms with Crippen molar-refractivity contribution in [2.45, 2.75) is 161 Å². The Labute approximate surface area is 259 Å². The van der Waals surface area contributed by atoms with Crippen molar-refractivity contribution in [3.63, 3.8) is 0 Å². The van der Waals surface area contributed by atoms with E-state index in [2.05, 4.69) is 18.4 Å². The summed E-state index contributed by atoms with van der Waals surface area (Å²) >= 11 is 0. The Kier molecular flexibility index (Phi) is 27.0. The fraction of sp³-hybridized carbons (Fsp3) is 0.903. The Morgan fingerprint density at radius 3 is 1.47 bits per heavy atom. The van der Waals surface area contributed by atoms with Crippen molar-refractivity contribution in [2.24, 2.45) is 5.73 Å². The second kappa shape index (κ2) is 28.0. The summed E-state index contributed by atoms with van der Waals surface area (Å²) in [5.74, 6) is -2.39. The molecule has 3 atom stereocenters. The molecule has 3 unspecified atom stereocenters. The smallest absolute Gasteiger partial charge is 0.472 e. The van der Waals surface area contributed by atoms with Gasteiger partial charge < -0.3 is 25.2 Å². The molecule has 0 spiro atoms. The van der Waals surface area contributed by atoms with Crippen molar-refractivity contribution in [2.75, 3.05) is 19.8 Å². The molecule has 0 amide bonds. The lowest BCUT2D eigenvalue weighted by Gasteiger charge is -2.20. The number of phosphoric ester groups is 1. The summed E-state index contributed by atoms with van der Waals surface area (Å²) in [6.07, 6.45) is 20.9. The number of esters is 2. The predicted molar refractivity (Wildman–Crippen MR) is 166 cm³/mol. The number of hydrogen-bond acceptors (Lipinski definition) is 9. The number of phosphoric acid groups is 1. The molecule has 43 heavy (non-hydrogen) atoms. The van der Waals surface area contributed by atoms with Gasteiger partial charge in [-0.15, -0.1) is 0 Å². The van der Waals surface area contributed by atoms with E-state index in [1.54, 1.807) is 0 Å². The Bertz CT molecular complexity index is 767. The zero-order chi connectivity index (χ0) is 32.2. The lowest BCUT2D eigenvalue weighted by Crippen LogP contribution is -2.34. The van der Waals surface area contributed by atoms with E-state index in [9.17, 15) is 23.8 Å². The van der Waals surface area contributed by atoms with Crippen LogP contribution < -0.4 is 5.73 Å². The predicted octanol–water partition coefficient (Wildman–Crippen LogP) is 7.22. The highest BCUT2D eigenvalue weighted by atomic mass is 31.2. The van der Waals surface area contributed by atoms with E-state index in [-0.39, 0.29) is 19.4 Å². The van der Waals surface area contributed by atoms with Gasteiger partial charge in [0.1, 0.15) is 12.6 Å². The lowest BCUT2D eigenvalue weighted by molar-refractivity contribution is -0.161. The standard InChI is InChI=1S/C31H60NO10P/c1-3-5-7-9-10-11-12-13-14-15-16-17-19-21-23-30(34)42-27(24-39-29(33)22-20-18-8-6-4-2)25-40-43(37,38)41-26-28(32)31(35)36/h27-28H,3-26,32H2,1-2H3,(H,35,36)(H,37,38). The van der Waals surface area contributed by atoms with Crippen LogP contribution in [0.4, 0.5) is 0 Å². The van der Waals surface area contributed by atoms with Gasteiger partial charge in [0, 0.05) is 12.8 Å². The molecule has 0 saturated carbocycles. The minimum atomic E-state index is -4.69. The van der Waals surface area contributed by atoms with E-state index in [1.165, 1.54) is 64.2 Å². The highest BCUT2D eigenvalue weighted by molar-refractivity contribution is 7.47. The van der Waals surface area contributed by atoms with Gasteiger partial charge in [-0.1, -0.05) is 123 Å². The molecule has 0 aliphatic rings. The minimum absolute atomic E-state index is 0.167. The van der Waals surface area contributed by atoms with E-state index in [4.69, 9.17) is 24.8 Å². The van der Waals surface area contributed by atoms with Gasteiger partial charge in [-0.2, -0.15) is 0 Å². The van der Waals surface area contributed by atoms with Crippen molar-refractivity contribution < 1.29 is 47.5 Å². The monoisotopic (exact) mass is 637 g/mol. The topological polar surface area (TPSA) is 172 Å². The van der Waals surface area contributed by atoms with Crippen LogP contribution in [0.15, 0.2) is 0 Å². The number of ether oxygens (including phenoxy) is 2. The second-order valence-corrected chi connectivity index (χ2v) is 12.8. The first kappa shape index (κ1) is 41.5. The Morgan fingerprint density at radius 2 is 1.02 bits per heavy atom. The molecule has 0 radical (unpaired) electrons. The Balaban J connectivity index is 4.39. The molecule has 0 aliphatic carbocycles. The van der Waals surface area contributed by atoms with Gasteiger partial charge in [0.15, 0.2) is 6.10 Å². The van der Waals surface area contributed by atoms with Crippen LogP contribution in [0.3, 0.4) is 0 Å². The van der Waals surface area contributed by atoms with E-state index >= 15 is 0 Å². The number of unbranched alkanes of at least 4 members (excludes halogenated alkanes) is 17. The SMILES string of the molecule is CCCCCCCCCCCCCCCCC(=O)OC(COC(=O)CCCCCCC)COP(=O)(O)OCC(N)C(=O)O. The number of carboxylic acid groups (broad SMARTS) is 1. The maximum absolute atomic E-state index is 12.4. The highest BCUT2D eigenvalue weighted by Crippen LogP contribution is 2.43. The third-order valence-corrected chi connectivity index (χ3v) is 8.06. The molecule has 254 valence electrons. The molecule has 0 bridgehead atoms. The van der Waals surface area contributed by atoms with Gasteiger partial charge in [-0.25, -0.2) is 4.57 Å². The first-order valence-corrected chi connectivity index (χ1v) is 18.1. The summed E-state index contributed by atoms with van der Waals surface area (Å²) in [4.78, 5) is 45.2. The van der Waals surface area contributed by atoms with Crippen LogP contribution in [0.1, 0.15) is 149 Å². The molecule has 0 aromatic rings. The summed E-state index contributed by atoms with van der Waals surface area (Å²) in [7, 11) is -4.69. The molecule has 12 heteroatoms. The fourth-order valence-corrected chi connectivity index (χ4v) is 5.19. The van der Waals surface area contributed by atoms with E-state index in [0.717, 1.165) is 44.9 Å². The van der Waals surface area contributed by atoms with E-state index < -0.39 is 51.1 Å². The molecule has 0 aliphatic heterocycles. The maximum atomic E-state index is 12.4. The lowest BCUT2D eigenvalue weighted by atomic mass is 10.0.